The number of Topliss-reactive ketones (excluding diaryl/α,β-unsaturated/α-hetero) is 1. The van der Waals surface area contributed by atoms with E-state index < -0.39 is 11.6 Å². The van der Waals surface area contributed by atoms with Crippen LogP contribution in [0.5, 0.6) is 5.75 Å². The first kappa shape index (κ1) is 14.9. The van der Waals surface area contributed by atoms with Crippen LogP contribution in [-0.4, -0.2) is 29.4 Å². The molecule has 3 unspecified atom stereocenters. The van der Waals surface area contributed by atoms with Gasteiger partial charge < -0.3 is 9.64 Å². The van der Waals surface area contributed by atoms with Gasteiger partial charge in [-0.3, -0.25) is 9.59 Å². The van der Waals surface area contributed by atoms with Gasteiger partial charge in [-0.05, 0) is 18.6 Å². The molecule has 4 rings (SSSR count). The number of fused-ring (bicyclic) bond motifs is 4. The lowest BCUT2D eigenvalue weighted by Gasteiger charge is -2.51. The van der Waals surface area contributed by atoms with Gasteiger partial charge in [-0.15, -0.1) is 0 Å². The SMILES string of the molecule is CN1C(=O)C(C(=O)c2ccccc2)C2CC1(C)Oc1ccccc12. The van der Waals surface area contributed by atoms with Crippen LogP contribution in [0.4, 0.5) is 0 Å². The van der Waals surface area contributed by atoms with Crippen molar-refractivity contribution in [3.8, 4) is 5.75 Å². The van der Waals surface area contributed by atoms with Crippen LogP contribution in [-0.2, 0) is 4.79 Å². The predicted molar refractivity (Wildman–Crippen MR) is 89.9 cm³/mol. The molecule has 2 bridgehead atoms. The number of rotatable bonds is 2. The highest BCUT2D eigenvalue weighted by Crippen LogP contribution is 2.50. The Bertz CT molecular complexity index is 817. The number of ketones is 1. The van der Waals surface area contributed by atoms with Gasteiger partial charge in [0.2, 0.25) is 5.91 Å². The number of hydrogen-bond acceptors (Lipinski definition) is 3. The molecule has 0 saturated carbocycles. The van der Waals surface area contributed by atoms with E-state index in [2.05, 4.69) is 0 Å². The molecular formula is C20H19NO3. The van der Waals surface area contributed by atoms with Crippen molar-refractivity contribution < 1.29 is 14.3 Å². The summed E-state index contributed by atoms with van der Waals surface area (Å²) in [7, 11) is 1.72. The van der Waals surface area contributed by atoms with E-state index in [1.807, 2.05) is 49.4 Å². The topological polar surface area (TPSA) is 46.6 Å². The summed E-state index contributed by atoms with van der Waals surface area (Å²) in [4.78, 5) is 27.7. The van der Waals surface area contributed by atoms with Gasteiger partial charge in [0.05, 0.1) is 0 Å². The Kier molecular flexibility index (Phi) is 3.23. The number of amides is 1. The normalized spacial score (nSPS) is 28.1. The van der Waals surface area contributed by atoms with Crippen molar-refractivity contribution in [3.63, 3.8) is 0 Å². The first-order valence-electron chi connectivity index (χ1n) is 8.16. The molecule has 2 aliphatic heterocycles. The van der Waals surface area contributed by atoms with Gasteiger partial charge >= 0.3 is 0 Å². The number of carbonyl (C=O) groups is 2. The maximum atomic E-state index is 13.1. The molecule has 1 saturated heterocycles. The van der Waals surface area contributed by atoms with E-state index in [4.69, 9.17) is 4.74 Å². The molecule has 122 valence electrons. The zero-order chi connectivity index (χ0) is 16.9. The van der Waals surface area contributed by atoms with Crippen LogP contribution < -0.4 is 4.74 Å². The third-order valence-corrected chi connectivity index (χ3v) is 5.30. The van der Waals surface area contributed by atoms with Gasteiger partial charge in [0.25, 0.3) is 0 Å². The van der Waals surface area contributed by atoms with E-state index in [1.54, 1.807) is 24.1 Å². The minimum atomic E-state index is -0.705. The van der Waals surface area contributed by atoms with E-state index in [9.17, 15) is 9.59 Å². The number of carbonyl (C=O) groups excluding carboxylic acids is 2. The van der Waals surface area contributed by atoms with Crippen molar-refractivity contribution in [2.75, 3.05) is 7.05 Å². The molecule has 0 spiro atoms. The third-order valence-electron chi connectivity index (χ3n) is 5.30. The lowest BCUT2D eigenvalue weighted by molar-refractivity contribution is -0.165. The average Bonchev–Trinajstić information content (AvgIpc) is 2.60. The second-order valence-corrected chi connectivity index (χ2v) is 6.73. The third kappa shape index (κ3) is 2.06. The van der Waals surface area contributed by atoms with E-state index >= 15 is 0 Å². The Morgan fingerprint density at radius 2 is 1.79 bits per heavy atom. The smallest absolute Gasteiger partial charge is 0.236 e. The molecule has 24 heavy (non-hydrogen) atoms. The summed E-state index contributed by atoms with van der Waals surface area (Å²) in [5, 5.41) is 0. The first-order valence-corrected chi connectivity index (χ1v) is 8.16. The van der Waals surface area contributed by atoms with Crippen LogP contribution in [0.3, 0.4) is 0 Å². The molecule has 0 radical (unpaired) electrons. The summed E-state index contributed by atoms with van der Waals surface area (Å²) in [6.07, 6.45) is 0.621. The average molecular weight is 321 g/mol. The van der Waals surface area contributed by atoms with Crippen molar-refractivity contribution >= 4 is 11.7 Å². The second kappa shape index (κ2) is 5.20. The summed E-state index contributed by atoms with van der Waals surface area (Å²) in [5.74, 6) is -0.373. The lowest BCUT2D eigenvalue weighted by Crippen LogP contribution is -2.62. The first-order chi connectivity index (χ1) is 11.5. The van der Waals surface area contributed by atoms with Gasteiger partial charge in [0.1, 0.15) is 11.7 Å². The fraction of sp³-hybridized carbons (Fsp3) is 0.300. The minimum Gasteiger partial charge on any atom is -0.468 e. The second-order valence-electron chi connectivity index (χ2n) is 6.73. The maximum absolute atomic E-state index is 13.1. The van der Waals surface area contributed by atoms with Crippen LogP contribution in [0.1, 0.15) is 35.2 Å². The molecule has 3 atom stereocenters. The standard InChI is InChI=1S/C20H19NO3/c1-20-12-15(14-10-6-7-11-16(14)24-20)17(19(23)21(20)2)18(22)13-8-4-3-5-9-13/h3-11,15,17H,12H2,1-2H3. The molecule has 2 aromatic carbocycles. The van der Waals surface area contributed by atoms with Crippen molar-refractivity contribution in [3.05, 3.63) is 65.7 Å². The molecule has 0 aliphatic carbocycles. The van der Waals surface area contributed by atoms with E-state index in [-0.39, 0.29) is 17.6 Å². The van der Waals surface area contributed by atoms with Crippen molar-refractivity contribution in [1.82, 2.24) is 4.90 Å². The fourth-order valence-corrected chi connectivity index (χ4v) is 3.87. The highest BCUT2D eigenvalue weighted by Gasteiger charge is 2.54. The van der Waals surface area contributed by atoms with Gasteiger partial charge in [0, 0.05) is 24.9 Å². The summed E-state index contributed by atoms with van der Waals surface area (Å²) < 4.78 is 6.10. The highest BCUT2D eigenvalue weighted by atomic mass is 16.5. The Morgan fingerprint density at radius 1 is 1.12 bits per heavy atom. The Morgan fingerprint density at radius 3 is 2.54 bits per heavy atom. The van der Waals surface area contributed by atoms with Crippen LogP contribution in [0.25, 0.3) is 0 Å². The molecule has 1 amide bonds. The van der Waals surface area contributed by atoms with Crippen LogP contribution in [0, 0.1) is 5.92 Å². The molecule has 2 aromatic rings. The number of hydrogen-bond donors (Lipinski definition) is 0. The summed E-state index contributed by atoms with van der Waals surface area (Å²) in [5.41, 5.74) is 0.825. The van der Waals surface area contributed by atoms with E-state index in [0.29, 0.717) is 12.0 Å². The minimum absolute atomic E-state index is 0.115. The molecule has 1 fully saturated rings. The monoisotopic (exact) mass is 321 g/mol. The molecule has 4 nitrogen and oxygen atoms in total. The maximum Gasteiger partial charge on any atom is 0.236 e. The van der Waals surface area contributed by atoms with Crippen LogP contribution in [0.15, 0.2) is 54.6 Å². The zero-order valence-corrected chi connectivity index (χ0v) is 13.7. The van der Waals surface area contributed by atoms with Crippen LogP contribution in [0.2, 0.25) is 0 Å². The Labute approximate surface area is 141 Å². The van der Waals surface area contributed by atoms with Crippen molar-refractivity contribution in [1.29, 1.82) is 0 Å². The van der Waals surface area contributed by atoms with Crippen LogP contribution >= 0.6 is 0 Å². The summed E-state index contributed by atoms with van der Waals surface area (Å²) in [6.45, 7) is 1.91. The quantitative estimate of drug-likeness (QED) is 0.630. The molecular weight excluding hydrogens is 302 g/mol. The number of benzene rings is 2. The summed E-state index contributed by atoms with van der Waals surface area (Å²) in [6, 6.07) is 16.8. The summed E-state index contributed by atoms with van der Waals surface area (Å²) >= 11 is 0. The lowest BCUT2D eigenvalue weighted by atomic mass is 9.71. The van der Waals surface area contributed by atoms with Gasteiger partial charge in [-0.2, -0.15) is 0 Å². The Balaban J connectivity index is 1.83. The number of para-hydroxylation sites is 1. The van der Waals surface area contributed by atoms with Crippen molar-refractivity contribution in [2.24, 2.45) is 5.92 Å². The molecule has 2 heterocycles. The van der Waals surface area contributed by atoms with Gasteiger partial charge in [-0.25, -0.2) is 0 Å². The van der Waals surface area contributed by atoms with E-state index in [0.717, 1.165) is 11.3 Å². The number of likely N-dealkylation sites (tertiary alicyclic amines) is 1. The van der Waals surface area contributed by atoms with E-state index in [1.165, 1.54) is 0 Å². The molecule has 2 aliphatic rings. The number of ether oxygens (including phenoxy) is 1. The predicted octanol–water partition coefficient (Wildman–Crippen LogP) is 3.24. The molecule has 0 aromatic heterocycles. The van der Waals surface area contributed by atoms with Crippen molar-refractivity contribution in [2.45, 2.75) is 25.0 Å². The number of piperidine rings is 1. The molecule has 0 N–H and O–H groups in total. The highest BCUT2D eigenvalue weighted by molar-refractivity contribution is 6.11. The van der Waals surface area contributed by atoms with Gasteiger partial charge in [-0.1, -0.05) is 48.5 Å². The zero-order valence-electron chi connectivity index (χ0n) is 13.7. The Hall–Kier alpha value is -2.62. The largest absolute Gasteiger partial charge is 0.468 e. The fourth-order valence-electron chi connectivity index (χ4n) is 3.87. The molecule has 4 heteroatoms. The van der Waals surface area contributed by atoms with Gasteiger partial charge in [0.15, 0.2) is 11.5 Å². The number of nitrogens with zero attached hydrogens (tertiary/aromatic N) is 1.